The van der Waals surface area contributed by atoms with Gasteiger partial charge in [-0.05, 0) is 71.9 Å². The number of halogens is 1. The van der Waals surface area contributed by atoms with Gasteiger partial charge in [0.25, 0.3) is 0 Å². The van der Waals surface area contributed by atoms with Crippen LogP contribution in [0.5, 0.6) is 0 Å². The summed E-state index contributed by atoms with van der Waals surface area (Å²) in [4.78, 5) is 12.2. The van der Waals surface area contributed by atoms with Crippen molar-refractivity contribution in [3.8, 4) is 6.07 Å². The zero-order chi connectivity index (χ0) is 15.2. The third kappa shape index (κ3) is 4.55. The monoisotopic (exact) mass is 349 g/mol. The lowest BCUT2D eigenvalue weighted by Crippen LogP contribution is -2.34. The van der Waals surface area contributed by atoms with E-state index in [-0.39, 0.29) is 5.91 Å². The lowest BCUT2D eigenvalue weighted by atomic mass is 9.85. The van der Waals surface area contributed by atoms with Crippen LogP contribution in [0.3, 0.4) is 0 Å². The summed E-state index contributed by atoms with van der Waals surface area (Å²) in [6.45, 7) is 4.24. The smallest absolute Gasteiger partial charge is 0.224 e. The summed E-state index contributed by atoms with van der Waals surface area (Å²) >= 11 is 3.38. The van der Waals surface area contributed by atoms with Gasteiger partial charge in [-0.1, -0.05) is 6.92 Å². The van der Waals surface area contributed by atoms with Crippen LogP contribution in [-0.2, 0) is 4.79 Å². The first kappa shape index (κ1) is 16.0. The van der Waals surface area contributed by atoms with Gasteiger partial charge in [-0.3, -0.25) is 4.79 Å². The van der Waals surface area contributed by atoms with E-state index < -0.39 is 0 Å². The number of nitrogens with one attached hydrogen (secondary N) is 2. The van der Waals surface area contributed by atoms with Crippen molar-refractivity contribution >= 4 is 27.5 Å². The first-order valence-electron chi connectivity index (χ1n) is 7.30. The predicted molar refractivity (Wildman–Crippen MR) is 86.9 cm³/mol. The SMILES string of the molecule is CC(CC(=O)Nc1ccc(C#N)cc1Br)C1CCCNC1. The molecular formula is C16H20BrN3O. The molecular weight excluding hydrogens is 330 g/mol. The largest absolute Gasteiger partial charge is 0.325 e. The number of hydrogen-bond donors (Lipinski definition) is 2. The molecule has 2 unspecified atom stereocenters. The van der Waals surface area contributed by atoms with Crippen LogP contribution in [0, 0.1) is 23.2 Å². The molecule has 4 nitrogen and oxygen atoms in total. The van der Waals surface area contributed by atoms with Crippen LogP contribution < -0.4 is 10.6 Å². The third-order valence-corrected chi connectivity index (χ3v) is 4.68. The molecule has 2 atom stereocenters. The minimum absolute atomic E-state index is 0.0264. The molecule has 1 amide bonds. The van der Waals surface area contributed by atoms with E-state index in [1.54, 1.807) is 18.2 Å². The summed E-state index contributed by atoms with van der Waals surface area (Å²) in [5.74, 6) is 0.974. The molecule has 1 aromatic carbocycles. The summed E-state index contributed by atoms with van der Waals surface area (Å²) in [7, 11) is 0. The highest BCUT2D eigenvalue weighted by atomic mass is 79.9. The maximum Gasteiger partial charge on any atom is 0.224 e. The Bertz CT molecular complexity index is 547. The van der Waals surface area contributed by atoms with Gasteiger partial charge in [0.15, 0.2) is 0 Å². The van der Waals surface area contributed by atoms with Crippen molar-refractivity contribution in [1.82, 2.24) is 5.32 Å². The van der Waals surface area contributed by atoms with E-state index in [1.807, 2.05) is 0 Å². The zero-order valence-electron chi connectivity index (χ0n) is 12.2. The van der Waals surface area contributed by atoms with Crippen LogP contribution in [0.2, 0.25) is 0 Å². The van der Waals surface area contributed by atoms with E-state index >= 15 is 0 Å². The predicted octanol–water partition coefficient (Wildman–Crippen LogP) is 3.29. The molecule has 0 bridgehead atoms. The van der Waals surface area contributed by atoms with Crippen molar-refractivity contribution in [2.45, 2.75) is 26.2 Å². The molecule has 1 aromatic rings. The van der Waals surface area contributed by atoms with Crippen LogP contribution in [0.1, 0.15) is 31.7 Å². The number of amides is 1. The molecule has 0 aromatic heterocycles. The van der Waals surface area contributed by atoms with Gasteiger partial charge in [0.1, 0.15) is 0 Å². The van der Waals surface area contributed by atoms with E-state index in [0.29, 0.717) is 29.5 Å². The second-order valence-corrected chi connectivity index (χ2v) is 6.50. The number of anilines is 1. The molecule has 0 aliphatic carbocycles. The second-order valence-electron chi connectivity index (χ2n) is 5.64. The van der Waals surface area contributed by atoms with Gasteiger partial charge in [0, 0.05) is 10.9 Å². The van der Waals surface area contributed by atoms with Crippen molar-refractivity contribution < 1.29 is 4.79 Å². The summed E-state index contributed by atoms with van der Waals surface area (Å²) in [5, 5.41) is 15.1. The maximum atomic E-state index is 12.2. The van der Waals surface area contributed by atoms with Crippen LogP contribution in [0.25, 0.3) is 0 Å². The minimum Gasteiger partial charge on any atom is -0.325 e. The Labute approximate surface area is 134 Å². The number of nitriles is 1. The van der Waals surface area contributed by atoms with E-state index in [1.165, 1.54) is 12.8 Å². The quantitative estimate of drug-likeness (QED) is 0.876. The van der Waals surface area contributed by atoms with Gasteiger partial charge >= 0.3 is 0 Å². The fourth-order valence-electron chi connectivity index (χ4n) is 2.71. The molecule has 1 fully saturated rings. The summed E-state index contributed by atoms with van der Waals surface area (Å²) in [6, 6.07) is 7.25. The Morgan fingerprint density at radius 1 is 1.62 bits per heavy atom. The topological polar surface area (TPSA) is 64.9 Å². The van der Waals surface area contributed by atoms with Gasteiger partial charge < -0.3 is 10.6 Å². The number of nitrogens with zero attached hydrogens (tertiary/aromatic N) is 1. The normalized spacial score (nSPS) is 19.6. The highest BCUT2D eigenvalue weighted by Crippen LogP contribution is 2.26. The van der Waals surface area contributed by atoms with Crippen molar-refractivity contribution in [3.05, 3.63) is 28.2 Å². The Hall–Kier alpha value is -1.38. The standard InChI is InChI=1S/C16H20BrN3O/c1-11(13-3-2-6-19-10-13)7-16(21)20-15-5-4-12(9-18)8-14(15)17/h4-5,8,11,13,19H,2-3,6-7,10H2,1H3,(H,20,21). The van der Waals surface area contributed by atoms with E-state index in [0.717, 1.165) is 17.6 Å². The molecule has 5 heteroatoms. The summed E-state index contributed by atoms with van der Waals surface area (Å²) in [6.07, 6.45) is 2.92. The lowest BCUT2D eigenvalue weighted by molar-refractivity contribution is -0.117. The van der Waals surface area contributed by atoms with E-state index in [2.05, 4.69) is 39.6 Å². The number of carbonyl (C=O) groups excluding carboxylic acids is 1. The van der Waals surface area contributed by atoms with Gasteiger partial charge in [0.2, 0.25) is 5.91 Å². The highest BCUT2D eigenvalue weighted by Gasteiger charge is 2.22. The number of hydrogen-bond acceptors (Lipinski definition) is 3. The Morgan fingerprint density at radius 3 is 3.05 bits per heavy atom. The number of rotatable bonds is 4. The van der Waals surface area contributed by atoms with Crippen molar-refractivity contribution in [2.75, 3.05) is 18.4 Å². The number of carbonyl (C=O) groups is 1. The maximum absolute atomic E-state index is 12.2. The Kier molecular flexibility index (Phi) is 5.77. The average Bonchev–Trinajstić information content (AvgIpc) is 2.50. The molecule has 2 rings (SSSR count). The van der Waals surface area contributed by atoms with Gasteiger partial charge in [0.05, 0.1) is 17.3 Å². The zero-order valence-corrected chi connectivity index (χ0v) is 13.7. The number of benzene rings is 1. The second kappa shape index (κ2) is 7.58. The van der Waals surface area contributed by atoms with Gasteiger partial charge in [-0.2, -0.15) is 5.26 Å². The lowest BCUT2D eigenvalue weighted by Gasteiger charge is -2.28. The van der Waals surface area contributed by atoms with Crippen LogP contribution in [-0.4, -0.2) is 19.0 Å². The molecule has 1 aliphatic rings. The van der Waals surface area contributed by atoms with E-state index in [4.69, 9.17) is 5.26 Å². The minimum atomic E-state index is 0.0264. The Morgan fingerprint density at radius 2 is 2.43 bits per heavy atom. The van der Waals surface area contributed by atoms with Gasteiger partial charge in [-0.15, -0.1) is 0 Å². The fourth-order valence-corrected chi connectivity index (χ4v) is 3.19. The molecule has 0 saturated carbocycles. The van der Waals surface area contributed by atoms with Crippen molar-refractivity contribution in [3.63, 3.8) is 0 Å². The molecule has 1 saturated heterocycles. The summed E-state index contributed by atoms with van der Waals surface area (Å²) < 4.78 is 0.738. The third-order valence-electron chi connectivity index (χ3n) is 4.02. The molecule has 21 heavy (non-hydrogen) atoms. The molecule has 0 spiro atoms. The Balaban J connectivity index is 1.90. The highest BCUT2D eigenvalue weighted by molar-refractivity contribution is 9.10. The molecule has 1 heterocycles. The van der Waals surface area contributed by atoms with E-state index in [9.17, 15) is 4.79 Å². The molecule has 112 valence electrons. The average molecular weight is 350 g/mol. The van der Waals surface area contributed by atoms with Crippen LogP contribution in [0.4, 0.5) is 5.69 Å². The van der Waals surface area contributed by atoms with Crippen LogP contribution >= 0.6 is 15.9 Å². The van der Waals surface area contributed by atoms with Gasteiger partial charge in [-0.25, -0.2) is 0 Å². The number of piperidine rings is 1. The van der Waals surface area contributed by atoms with Crippen molar-refractivity contribution in [2.24, 2.45) is 11.8 Å². The first-order chi connectivity index (χ1) is 10.1. The fraction of sp³-hybridized carbons (Fsp3) is 0.500. The molecule has 0 radical (unpaired) electrons. The van der Waals surface area contributed by atoms with Crippen molar-refractivity contribution in [1.29, 1.82) is 5.26 Å². The summed E-state index contributed by atoms with van der Waals surface area (Å²) in [5.41, 5.74) is 1.29. The molecule has 2 N–H and O–H groups in total. The first-order valence-corrected chi connectivity index (χ1v) is 8.09. The molecule has 1 aliphatic heterocycles. The van der Waals surface area contributed by atoms with Crippen LogP contribution in [0.15, 0.2) is 22.7 Å².